The van der Waals surface area contributed by atoms with Crippen LogP contribution in [0.4, 0.5) is 0 Å². The smallest absolute Gasteiger partial charge is 0.225 e. The van der Waals surface area contributed by atoms with Gasteiger partial charge in [-0.05, 0) is 0 Å². The maximum atomic E-state index is 10.7. The number of ether oxygens (including phenoxy) is 1. The lowest BCUT2D eigenvalue weighted by atomic mass is 10.3. The van der Waals surface area contributed by atoms with Gasteiger partial charge in [0.15, 0.2) is 0 Å². The second kappa shape index (κ2) is 3.12. The molecule has 0 saturated carbocycles. The molecule has 0 rings (SSSR count). The first-order valence-corrected chi connectivity index (χ1v) is 2.68. The van der Waals surface area contributed by atoms with E-state index in [0.29, 0.717) is 0 Å². The Morgan fingerprint density at radius 2 is 1.78 bits per heavy atom. The van der Waals surface area contributed by atoms with Gasteiger partial charge in [0.2, 0.25) is 5.72 Å². The molecule has 1 atom stereocenters. The lowest BCUT2D eigenvalue weighted by molar-refractivity contribution is -1.10. The predicted octanol–water partition coefficient (Wildman–Crippen LogP) is -0.687. The van der Waals surface area contributed by atoms with Crippen LogP contribution in [-0.4, -0.2) is 19.9 Å². The predicted molar refractivity (Wildman–Crippen MR) is 32.4 cm³/mol. The third-order valence-electron chi connectivity index (χ3n) is 1.19. The molecule has 56 valence electrons. The molecular weight excluding hydrogens is 122 g/mol. The van der Waals surface area contributed by atoms with Crippen molar-refractivity contribution >= 4 is 0 Å². The molecule has 0 aromatic rings. The van der Waals surface area contributed by atoms with Crippen LogP contribution in [0.5, 0.6) is 0 Å². The van der Waals surface area contributed by atoms with Crippen LogP contribution < -0.4 is 5.23 Å². The quantitative estimate of drug-likeness (QED) is 0.411. The molecular formula is C5H13NO3. The van der Waals surface area contributed by atoms with Crippen LogP contribution in [0.15, 0.2) is 0 Å². The number of hydrogen-bond acceptors (Lipinski definition) is 3. The monoisotopic (exact) mass is 135 g/mol. The highest BCUT2D eigenvalue weighted by Gasteiger charge is 2.24. The summed E-state index contributed by atoms with van der Waals surface area (Å²) in [4.78, 5) is 4.44. The van der Waals surface area contributed by atoms with Gasteiger partial charge in [-0.25, -0.2) is 4.84 Å². The highest BCUT2D eigenvalue weighted by molar-refractivity contribution is 4.44. The molecule has 0 amide bonds. The Balaban J connectivity index is 3.80. The number of methoxy groups -OCH3 is 1. The second-order valence-corrected chi connectivity index (χ2v) is 2.21. The molecule has 0 spiro atoms. The second-order valence-electron chi connectivity index (χ2n) is 2.21. The summed E-state index contributed by atoms with van der Waals surface area (Å²) in [6.07, 6.45) is 0. The number of hydrogen-bond donors (Lipinski definition) is 1. The minimum absolute atomic E-state index is 0.356. The summed E-state index contributed by atoms with van der Waals surface area (Å²) in [5, 5.41) is 10.4. The van der Waals surface area contributed by atoms with Gasteiger partial charge in [0.25, 0.3) is 0 Å². The zero-order chi connectivity index (χ0) is 7.49. The van der Waals surface area contributed by atoms with E-state index in [1.807, 2.05) is 0 Å². The summed E-state index contributed by atoms with van der Waals surface area (Å²) in [7, 11) is 2.81. The first-order valence-electron chi connectivity index (χ1n) is 2.68. The number of hydroxylamine groups is 2. The van der Waals surface area contributed by atoms with Crippen LogP contribution in [0.25, 0.3) is 0 Å². The van der Waals surface area contributed by atoms with Gasteiger partial charge in [0, 0.05) is 21.0 Å². The fourth-order valence-electron chi connectivity index (χ4n) is 0.329. The van der Waals surface area contributed by atoms with Crippen molar-refractivity contribution in [3.8, 4) is 0 Å². The zero-order valence-corrected chi connectivity index (χ0v) is 6.22. The minimum Gasteiger partial charge on any atom is -0.598 e. The normalized spacial score (nSPS) is 15.7. The van der Waals surface area contributed by atoms with Gasteiger partial charge in [-0.3, -0.25) is 0 Å². The van der Waals surface area contributed by atoms with Crippen LogP contribution in [0.1, 0.15) is 13.8 Å². The highest BCUT2D eigenvalue weighted by Crippen LogP contribution is 1.94. The van der Waals surface area contributed by atoms with E-state index in [0.717, 1.165) is 0 Å². The summed E-state index contributed by atoms with van der Waals surface area (Å²) >= 11 is 0. The van der Waals surface area contributed by atoms with E-state index in [9.17, 15) is 5.21 Å². The van der Waals surface area contributed by atoms with Crippen molar-refractivity contribution in [1.82, 2.24) is 0 Å². The van der Waals surface area contributed by atoms with Crippen molar-refractivity contribution in [3.05, 3.63) is 5.21 Å². The van der Waals surface area contributed by atoms with Crippen molar-refractivity contribution in [2.75, 3.05) is 14.2 Å². The SMILES string of the molecule is CO[NH+]([O-])C(C)(C)OC. The molecule has 9 heavy (non-hydrogen) atoms. The van der Waals surface area contributed by atoms with E-state index in [1.54, 1.807) is 13.8 Å². The zero-order valence-electron chi connectivity index (χ0n) is 6.22. The molecule has 0 aliphatic heterocycles. The van der Waals surface area contributed by atoms with Gasteiger partial charge >= 0.3 is 0 Å². The topological polar surface area (TPSA) is 46.0 Å². The summed E-state index contributed by atoms with van der Waals surface area (Å²) < 4.78 is 4.82. The molecule has 4 nitrogen and oxygen atoms in total. The first kappa shape index (κ1) is 8.84. The third-order valence-corrected chi connectivity index (χ3v) is 1.19. The molecule has 0 fully saturated rings. The van der Waals surface area contributed by atoms with Crippen LogP contribution in [0.2, 0.25) is 0 Å². The van der Waals surface area contributed by atoms with Crippen LogP contribution in [0.3, 0.4) is 0 Å². The van der Waals surface area contributed by atoms with Gasteiger partial charge in [0.1, 0.15) is 0 Å². The van der Waals surface area contributed by atoms with Crippen LogP contribution >= 0.6 is 0 Å². The van der Waals surface area contributed by atoms with Crippen molar-refractivity contribution < 1.29 is 14.8 Å². The van der Waals surface area contributed by atoms with Crippen molar-refractivity contribution in [1.29, 1.82) is 0 Å². The lowest BCUT2D eigenvalue weighted by Crippen LogP contribution is -3.14. The molecule has 0 saturated heterocycles. The fourth-order valence-corrected chi connectivity index (χ4v) is 0.329. The molecule has 0 heterocycles. The Kier molecular flexibility index (Phi) is 3.07. The molecule has 0 aliphatic carbocycles. The molecule has 0 radical (unpaired) electrons. The summed E-state index contributed by atoms with van der Waals surface area (Å²) in [6.45, 7) is 3.30. The average molecular weight is 135 g/mol. The Hall–Kier alpha value is -0.160. The van der Waals surface area contributed by atoms with Gasteiger partial charge in [0.05, 0.1) is 7.11 Å². The standard InChI is InChI=1S/C5H13NO3/c1-5(2,8-3)6(7)9-4/h6H,1-4H3. The van der Waals surface area contributed by atoms with E-state index in [2.05, 4.69) is 4.84 Å². The van der Waals surface area contributed by atoms with Crippen LogP contribution in [-0.2, 0) is 9.57 Å². The number of quaternary nitrogens is 1. The van der Waals surface area contributed by atoms with E-state index in [1.165, 1.54) is 14.2 Å². The molecule has 1 N–H and O–H groups in total. The Morgan fingerprint density at radius 3 is 1.89 bits per heavy atom. The van der Waals surface area contributed by atoms with E-state index < -0.39 is 5.72 Å². The molecule has 4 heteroatoms. The summed E-state index contributed by atoms with van der Waals surface area (Å²) in [5.41, 5.74) is -0.811. The number of nitrogens with one attached hydrogen (secondary N) is 1. The fraction of sp³-hybridized carbons (Fsp3) is 1.00. The first-order chi connectivity index (χ1) is 4.04. The van der Waals surface area contributed by atoms with Crippen molar-refractivity contribution in [3.63, 3.8) is 0 Å². The molecule has 0 aromatic heterocycles. The van der Waals surface area contributed by atoms with Crippen molar-refractivity contribution in [2.45, 2.75) is 19.6 Å². The van der Waals surface area contributed by atoms with Gasteiger partial charge in [-0.15, -0.1) is 0 Å². The molecule has 0 aliphatic rings. The van der Waals surface area contributed by atoms with E-state index in [4.69, 9.17) is 4.74 Å². The molecule has 1 unspecified atom stereocenters. The van der Waals surface area contributed by atoms with Gasteiger partial charge in [-0.1, -0.05) is 0 Å². The average Bonchev–Trinajstić information content (AvgIpc) is 1.86. The summed E-state index contributed by atoms with van der Waals surface area (Å²) in [5.74, 6) is 0. The third kappa shape index (κ3) is 2.28. The highest BCUT2D eigenvalue weighted by atomic mass is 16.9. The maximum absolute atomic E-state index is 10.7. The summed E-state index contributed by atoms with van der Waals surface area (Å²) in [6, 6.07) is 0. The van der Waals surface area contributed by atoms with E-state index in [-0.39, 0.29) is 5.23 Å². The Morgan fingerprint density at radius 1 is 1.33 bits per heavy atom. The molecule has 0 bridgehead atoms. The lowest BCUT2D eigenvalue weighted by Gasteiger charge is -2.32. The van der Waals surface area contributed by atoms with Gasteiger partial charge in [-0.2, -0.15) is 5.23 Å². The van der Waals surface area contributed by atoms with E-state index >= 15 is 0 Å². The van der Waals surface area contributed by atoms with Crippen LogP contribution in [0, 0.1) is 5.21 Å². The largest absolute Gasteiger partial charge is 0.598 e. The maximum Gasteiger partial charge on any atom is 0.225 e. The van der Waals surface area contributed by atoms with Crippen molar-refractivity contribution in [2.24, 2.45) is 0 Å². The molecule has 0 aromatic carbocycles. The van der Waals surface area contributed by atoms with Gasteiger partial charge < -0.3 is 9.94 Å². The Labute approximate surface area is 54.9 Å². The number of rotatable bonds is 3. The minimum atomic E-state index is -0.811. The Bertz CT molecular complexity index is 84.3.